The van der Waals surface area contributed by atoms with Crippen molar-refractivity contribution in [3.63, 3.8) is 0 Å². The van der Waals surface area contributed by atoms with E-state index in [1.165, 1.54) is 0 Å². The summed E-state index contributed by atoms with van der Waals surface area (Å²) in [7, 11) is 0. The Kier molecular flexibility index (Phi) is 6.29. The van der Waals surface area contributed by atoms with Crippen LogP contribution in [0.15, 0.2) is 48.5 Å². The smallest absolute Gasteiger partial charge is 0.134 e. The summed E-state index contributed by atoms with van der Waals surface area (Å²) in [5.74, 6) is 0.825. The SMILES string of the molecule is CC(CO)(CO)NCc1c2ccccc2c(OCCCO)c2ccccc12. The van der Waals surface area contributed by atoms with E-state index in [-0.39, 0.29) is 19.8 Å². The zero-order valence-electron chi connectivity index (χ0n) is 15.6. The lowest BCUT2D eigenvalue weighted by Crippen LogP contribution is -2.48. The Morgan fingerprint density at radius 2 is 1.37 bits per heavy atom. The molecule has 0 amide bonds. The molecule has 0 fully saturated rings. The Balaban J connectivity index is 2.14. The van der Waals surface area contributed by atoms with Gasteiger partial charge in [-0.2, -0.15) is 0 Å². The first-order valence-electron chi connectivity index (χ1n) is 9.26. The van der Waals surface area contributed by atoms with E-state index in [0.717, 1.165) is 32.9 Å². The van der Waals surface area contributed by atoms with Crippen molar-refractivity contribution in [3.05, 3.63) is 54.1 Å². The highest BCUT2D eigenvalue weighted by Crippen LogP contribution is 2.38. The molecule has 0 radical (unpaired) electrons. The molecule has 27 heavy (non-hydrogen) atoms. The maximum Gasteiger partial charge on any atom is 0.134 e. The lowest BCUT2D eigenvalue weighted by atomic mass is 9.94. The number of benzene rings is 3. The molecule has 0 aliphatic rings. The molecular weight excluding hydrogens is 342 g/mol. The standard InChI is InChI=1S/C22H27NO4/c1-22(14-25,15-26)23-13-20-16-7-2-4-9-18(16)21(27-12-6-11-24)19-10-5-3-8-17(19)20/h2-5,7-10,23-26H,6,11-15H2,1H3. The second-order valence-corrected chi connectivity index (χ2v) is 7.05. The highest BCUT2D eigenvalue weighted by molar-refractivity contribution is 6.08. The van der Waals surface area contributed by atoms with Crippen LogP contribution in [0.5, 0.6) is 5.75 Å². The van der Waals surface area contributed by atoms with E-state index in [9.17, 15) is 10.2 Å². The summed E-state index contributed by atoms with van der Waals surface area (Å²) in [6.45, 7) is 2.55. The van der Waals surface area contributed by atoms with E-state index >= 15 is 0 Å². The van der Waals surface area contributed by atoms with Crippen molar-refractivity contribution in [1.29, 1.82) is 0 Å². The van der Waals surface area contributed by atoms with Gasteiger partial charge in [0.2, 0.25) is 0 Å². The first-order chi connectivity index (χ1) is 13.1. The minimum absolute atomic E-state index is 0.0960. The average molecular weight is 369 g/mol. The quantitative estimate of drug-likeness (QED) is 0.344. The molecule has 4 N–H and O–H groups in total. The van der Waals surface area contributed by atoms with Crippen molar-refractivity contribution in [3.8, 4) is 5.75 Å². The van der Waals surface area contributed by atoms with Crippen LogP contribution in [0.1, 0.15) is 18.9 Å². The van der Waals surface area contributed by atoms with Crippen LogP contribution in [-0.4, -0.2) is 47.3 Å². The van der Waals surface area contributed by atoms with Gasteiger partial charge in [-0.3, -0.25) is 0 Å². The number of aliphatic hydroxyl groups is 3. The zero-order valence-corrected chi connectivity index (χ0v) is 15.6. The van der Waals surface area contributed by atoms with E-state index in [1.54, 1.807) is 6.92 Å². The number of hydrogen-bond acceptors (Lipinski definition) is 5. The lowest BCUT2D eigenvalue weighted by molar-refractivity contribution is 0.103. The Labute approximate surface area is 159 Å². The third-order valence-corrected chi connectivity index (χ3v) is 4.93. The highest BCUT2D eigenvalue weighted by Gasteiger charge is 2.23. The van der Waals surface area contributed by atoms with E-state index in [0.29, 0.717) is 19.6 Å². The van der Waals surface area contributed by atoms with Gasteiger partial charge in [-0.05, 0) is 23.3 Å². The summed E-state index contributed by atoms with van der Waals surface area (Å²) in [6, 6.07) is 16.2. The summed E-state index contributed by atoms with van der Waals surface area (Å²) in [4.78, 5) is 0. The summed E-state index contributed by atoms with van der Waals surface area (Å²) < 4.78 is 6.06. The molecule has 3 aromatic carbocycles. The van der Waals surface area contributed by atoms with Gasteiger partial charge in [-0.15, -0.1) is 0 Å². The van der Waals surface area contributed by atoms with Gasteiger partial charge in [0.05, 0.1) is 25.4 Å². The fourth-order valence-electron chi connectivity index (χ4n) is 3.23. The molecule has 0 saturated carbocycles. The predicted octanol–water partition coefficient (Wildman–Crippen LogP) is 2.59. The molecule has 0 bridgehead atoms. The van der Waals surface area contributed by atoms with Crippen LogP contribution < -0.4 is 10.1 Å². The van der Waals surface area contributed by atoms with Crippen LogP contribution >= 0.6 is 0 Å². The van der Waals surface area contributed by atoms with Crippen molar-refractivity contribution in [2.75, 3.05) is 26.4 Å². The van der Waals surface area contributed by atoms with Gasteiger partial charge in [0.15, 0.2) is 0 Å². The number of rotatable bonds is 9. The van der Waals surface area contributed by atoms with Crippen molar-refractivity contribution in [1.82, 2.24) is 5.32 Å². The van der Waals surface area contributed by atoms with Gasteiger partial charge in [0.1, 0.15) is 5.75 Å². The number of aliphatic hydroxyl groups excluding tert-OH is 3. The zero-order chi connectivity index (χ0) is 19.3. The lowest BCUT2D eigenvalue weighted by Gasteiger charge is -2.27. The molecule has 3 rings (SSSR count). The van der Waals surface area contributed by atoms with Crippen LogP contribution in [0, 0.1) is 0 Å². The molecular formula is C22H27NO4. The third-order valence-electron chi connectivity index (χ3n) is 4.93. The number of ether oxygens (including phenoxy) is 1. The summed E-state index contributed by atoms with van der Waals surface area (Å²) in [5.41, 5.74) is 0.349. The molecule has 5 heteroatoms. The number of hydrogen-bond donors (Lipinski definition) is 4. The minimum atomic E-state index is -0.751. The third kappa shape index (κ3) is 4.06. The van der Waals surface area contributed by atoms with Crippen molar-refractivity contribution in [2.45, 2.75) is 25.4 Å². The maximum absolute atomic E-state index is 9.59. The molecule has 0 aromatic heterocycles. The second-order valence-electron chi connectivity index (χ2n) is 7.05. The van der Waals surface area contributed by atoms with Crippen LogP contribution in [-0.2, 0) is 6.54 Å². The van der Waals surface area contributed by atoms with Gasteiger partial charge in [-0.1, -0.05) is 48.5 Å². The van der Waals surface area contributed by atoms with Crippen LogP contribution in [0.3, 0.4) is 0 Å². The van der Waals surface area contributed by atoms with Crippen molar-refractivity contribution < 1.29 is 20.1 Å². The first-order valence-corrected chi connectivity index (χ1v) is 9.26. The Hall–Kier alpha value is -2.18. The monoisotopic (exact) mass is 369 g/mol. The second kappa shape index (κ2) is 8.67. The number of fused-ring (bicyclic) bond motifs is 2. The predicted molar refractivity (Wildman–Crippen MR) is 108 cm³/mol. The van der Waals surface area contributed by atoms with Crippen molar-refractivity contribution in [2.24, 2.45) is 0 Å². The van der Waals surface area contributed by atoms with Gasteiger partial charge < -0.3 is 25.4 Å². The molecule has 0 atom stereocenters. The van der Waals surface area contributed by atoms with Gasteiger partial charge >= 0.3 is 0 Å². The maximum atomic E-state index is 9.59. The van der Waals surface area contributed by atoms with E-state index < -0.39 is 5.54 Å². The first kappa shape index (κ1) is 19.6. The van der Waals surface area contributed by atoms with E-state index in [2.05, 4.69) is 17.4 Å². The summed E-state index contributed by atoms with van der Waals surface area (Å²) in [6.07, 6.45) is 0.581. The van der Waals surface area contributed by atoms with Crippen LogP contribution in [0.2, 0.25) is 0 Å². The molecule has 0 aliphatic carbocycles. The molecule has 3 aromatic rings. The van der Waals surface area contributed by atoms with Gasteiger partial charge in [0, 0.05) is 30.3 Å². The molecule has 0 spiro atoms. The van der Waals surface area contributed by atoms with E-state index in [1.807, 2.05) is 36.4 Å². The van der Waals surface area contributed by atoms with Crippen LogP contribution in [0.4, 0.5) is 0 Å². The normalized spacial score (nSPS) is 12.0. The Morgan fingerprint density at radius 3 is 1.85 bits per heavy atom. The van der Waals surface area contributed by atoms with Crippen molar-refractivity contribution >= 4 is 21.5 Å². The largest absolute Gasteiger partial charge is 0.492 e. The molecule has 144 valence electrons. The summed E-state index contributed by atoms with van der Waals surface area (Å²) in [5, 5.41) is 35.7. The summed E-state index contributed by atoms with van der Waals surface area (Å²) >= 11 is 0. The minimum Gasteiger partial charge on any atom is -0.492 e. The Bertz CT molecular complexity index is 848. The molecule has 5 nitrogen and oxygen atoms in total. The molecule has 0 heterocycles. The fourth-order valence-corrected chi connectivity index (χ4v) is 3.23. The van der Waals surface area contributed by atoms with E-state index in [4.69, 9.17) is 9.84 Å². The molecule has 0 aliphatic heterocycles. The Morgan fingerprint density at radius 1 is 0.852 bits per heavy atom. The van der Waals surface area contributed by atoms with Gasteiger partial charge in [0.25, 0.3) is 0 Å². The average Bonchev–Trinajstić information content (AvgIpc) is 2.72. The number of nitrogens with one attached hydrogen (secondary N) is 1. The topological polar surface area (TPSA) is 82.0 Å². The fraction of sp³-hybridized carbons (Fsp3) is 0.364. The molecule has 0 unspecified atom stereocenters. The van der Waals surface area contributed by atoms with Crippen LogP contribution in [0.25, 0.3) is 21.5 Å². The van der Waals surface area contributed by atoms with Gasteiger partial charge in [-0.25, -0.2) is 0 Å². The molecule has 0 saturated heterocycles. The highest BCUT2D eigenvalue weighted by atomic mass is 16.5.